The standard InChI is InChI=1S/C52H48N6O4/c1-57(2)33-19-15-31(16-20-33)47-35-23-27-39(53-35)49(51-43(59-5)11-9-12-44(51)60-6)41-29-25-37(55-41)48(32-17-21-34(22-18-32)58(3)4)38-26-30-42(56-38)50(40-28-24-36(47)54-40)52-45(61-7)13-10-14-46(52)62-8/h9-30,53,56H,1-8H3. The van der Waals surface area contributed by atoms with Crippen molar-refractivity contribution in [3.05, 3.63) is 132 Å². The van der Waals surface area contributed by atoms with Crippen molar-refractivity contribution in [1.82, 2.24) is 19.9 Å². The van der Waals surface area contributed by atoms with Crippen LogP contribution in [0.2, 0.25) is 0 Å². The molecule has 0 spiro atoms. The van der Waals surface area contributed by atoms with Gasteiger partial charge in [-0.2, -0.15) is 0 Å². The lowest BCUT2D eigenvalue weighted by Gasteiger charge is -2.15. The Morgan fingerprint density at radius 2 is 0.645 bits per heavy atom. The number of ether oxygens (including phenoxy) is 4. The van der Waals surface area contributed by atoms with Crippen LogP contribution in [0.1, 0.15) is 22.8 Å². The number of anilines is 2. The van der Waals surface area contributed by atoms with E-state index in [9.17, 15) is 0 Å². The van der Waals surface area contributed by atoms with Crippen molar-refractivity contribution in [3.8, 4) is 67.5 Å². The first kappa shape index (κ1) is 39.7. The summed E-state index contributed by atoms with van der Waals surface area (Å²) in [5.74, 6) is 2.64. The summed E-state index contributed by atoms with van der Waals surface area (Å²) in [5.41, 5.74) is 15.7. The van der Waals surface area contributed by atoms with Crippen molar-refractivity contribution in [2.45, 2.75) is 0 Å². The average Bonchev–Trinajstić information content (AvgIpc) is 4.15. The van der Waals surface area contributed by atoms with E-state index in [4.69, 9.17) is 28.9 Å². The second-order valence-corrected chi connectivity index (χ2v) is 15.5. The Bertz CT molecular complexity index is 2810. The van der Waals surface area contributed by atoms with Gasteiger partial charge in [0.1, 0.15) is 23.0 Å². The van der Waals surface area contributed by atoms with Crippen molar-refractivity contribution >= 4 is 57.7 Å². The Hall–Kier alpha value is -7.72. The van der Waals surface area contributed by atoms with Crippen LogP contribution in [0, 0.1) is 0 Å². The molecule has 0 unspecified atom stereocenters. The maximum Gasteiger partial charge on any atom is 0.130 e. The first-order chi connectivity index (χ1) is 30.2. The number of hydrogen-bond acceptors (Lipinski definition) is 8. The van der Waals surface area contributed by atoms with Gasteiger partial charge < -0.3 is 38.7 Å². The fraction of sp³-hybridized carbons (Fsp3) is 0.154. The summed E-state index contributed by atoms with van der Waals surface area (Å²) < 4.78 is 24.2. The van der Waals surface area contributed by atoms with Gasteiger partial charge >= 0.3 is 0 Å². The smallest absolute Gasteiger partial charge is 0.130 e. The lowest BCUT2D eigenvalue weighted by molar-refractivity contribution is 0.397. The van der Waals surface area contributed by atoms with Gasteiger partial charge in [-0.25, -0.2) is 9.97 Å². The second-order valence-electron chi connectivity index (χ2n) is 15.5. The predicted molar refractivity (Wildman–Crippen MR) is 255 cm³/mol. The molecule has 0 saturated carbocycles. The SMILES string of the molecule is COc1cccc(OC)c1-c1c2nc(c(-c3ccc(N(C)C)cc3)c3ccc([nH]3)c(-c3c(OC)cccc3OC)c3nc(c(-c4ccc(N(C)C)cc4)c4ccc1[nH]4)C=C3)C=C2. The Morgan fingerprint density at radius 1 is 0.355 bits per heavy atom. The number of methoxy groups -OCH3 is 4. The van der Waals surface area contributed by atoms with Crippen LogP contribution >= 0.6 is 0 Å². The van der Waals surface area contributed by atoms with Crippen LogP contribution in [0.4, 0.5) is 11.4 Å². The number of hydrogen-bond donors (Lipinski definition) is 2. The third-order valence-electron chi connectivity index (χ3n) is 11.5. The van der Waals surface area contributed by atoms with Gasteiger partial charge in [0.15, 0.2) is 0 Å². The van der Waals surface area contributed by atoms with E-state index in [2.05, 4.69) is 117 Å². The second kappa shape index (κ2) is 16.4. The molecule has 0 atom stereocenters. The summed E-state index contributed by atoms with van der Waals surface area (Å²) in [5, 5.41) is 0. The van der Waals surface area contributed by atoms with Crippen molar-refractivity contribution in [1.29, 1.82) is 0 Å². The van der Waals surface area contributed by atoms with Gasteiger partial charge in [-0.15, -0.1) is 0 Å². The summed E-state index contributed by atoms with van der Waals surface area (Å²) in [6.07, 6.45) is 8.30. The highest BCUT2D eigenvalue weighted by Gasteiger charge is 2.24. The van der Waals surface area contributed by atoms with E-state index < -0.39 is 0 Å². The highest BCUT2D eigenvalue weighted by molar-refractivity contribution is 6.02. The van der Waals surface area contributed by atoms with Crippen molar-refractivity contribution < 1.29 is 18.9 Å². The molecule has 0 radical (unpaired) electrons. The van der Waals surface area contributed by atoms with Crippen molar-refractivity contribution in [3.63, 3.8) is 0 Å². The van der Waals surface area contributed by atoms with Crippen LogP contribution in [0.25, 0.3) is 90.9 Å². The zero-order valence-corrected chi connectivity index (χ0v) is 36.1. The summed E-state index contributed by atoms with van der Waals surface area (Å²) >= 11 is 0. The summed E-state index contributed by atoms with van der Waals surface area (Å²) in [6, 6.07) is 37.2. The maximum atomic E-state index is 6.04. The van der Waals surface area contributed by atoms with Gasteiger partial charge in [0.2, 0.25) is 0 Å². The minimum absolute atomic E-state index is 0.660. The number of nitrogens with zero attached hydrogens (tertiary/aromatic N) is 4. The molecule has 7 aromatic rings. The molecule has 2 N–H and O–H groups in total. The minimum atomic E-state index is 0.660. The van der Waals surface area contributed by atoms with Crippen LogP contribution in [0.5, 0.6) is 23.0 Å². The number of nitrogens with one attached hydrogen (secondary N) is 2. The topological polar surface area (TPSA) is 101 Å². The number of H-pyrrole nitrogens is 2. The average molecular weight is 821 g/mol. The monoisotopic (exact) mass is 820 g/mol. The quantitative estimate of drug-likeness (QED) is 0.141. The van der Waals surface area contributed by atoms with Crippen molar-refractivity contribution in [2.75, 3.05) is 66.4 Å². The molecule has 0 fully saturated rings. The van der Waals surface area contributed by atoms with Gasteiger partial charge in [-0.1, -0.05) is 36.4 Å². The van der Waals surface area contributed by atoms with Crippen molar-refractivity contribution in [2.24, 2.45) is 0 Å². The van der Waals surface area contributed by atoms with E-state index in [1.54, 1.807) is 28.4 Å². The summed E-state index contributed by atoms with van der Waals surface area (Å²) in [4.78, 5) is 22.8. The number of aromatic amines is 2. The largest absolute Gasteiger partial charge is 0.496 e. The molecular formula is C52H48N6O4. The minimum Gasteiger partial charge on any atom is -0.496 e. The molecule has 0 amide bonds. The van der Waals surface area contributed by atoms with Crippen LogP contribution in [-0.2, 0) is 0 Å². The molecule has 4 aromatic carbocycles. The van der Waals surface area contributed by atoms with E-state index in [1.165, 1.54) is 0 Å². The summed E-state index contributed by atoms with van der Waals surface area (Å²) in [7, 11) is 14.9. The Balaban J connectivity index is 1.49. The fourth-order valence-electron chi connectivity index (χ4n) is 8.39. The molecular weight excluding hydrogens is 773 g/mol. The number of benzene rings is 4. The number of fused-ring (bicyclic) bond motifs is 8. The van der Waals surface area contributed by atoms with Gasteiger partial charge in [-0.3, -0.25) is 0 Å². The Labute approximate surface area is 361 Å². The predicted octanol–water partition coefficient (Wildman–Crippen LogP) is 11.5. The van der Waals surface area contributed by atoms with Crippen LogP contribution < -0.4 is 28.7 Å². The fourth-order valence-corrected chi connectivity index (χ4v) is 8.39. The van der Waals surface area contributed by atoms with E-state index in [-0.39, 0.29) is 0 Å². The molecule has 62 heavy (non-hydrogen) atoms. The molecule has 9 rings (SSSR count). The molecule has 2 aliphatic heterocycles. The van der Waals surface area contributed by atoms with E-state index in [1.807, 2.05) is 64.6 Å². The highest BCUT2D eigenvalue weighted by atomic mass is 16.5. The van der Waals surface area contributed by atoms with E-state index >= 15 is 0 Å². The maximum absolute atomic E-state index is 6.04. The Kier molecular flexibility index (Phi) is 10.5. The molecule has 2 aliphatic rings. The third kappa shape index (κ3) is 6.99. The normalized spacial score (nSPS) is 11.7. The number of rotatable bonds is 10. The lowest BCUT2D eigenvalue weighted by Crippen LogP contribution is -2.07. The highest BCUT2D eigenvalue weighted by Crippen LogP contribution is 2.46. The molecule has 310 valence electrons. The lowest BCUT2D eigenvalue weighted by atomic mass is 10.0. The van der Waals surface area contributed by atoms with Crippen LogP contribution in [0.3, 0.4) is 0 Å². The van der Waals surface area contributed by atoms with Crippen LogP contribution in [0.15, 0.2) is 109 Å². The van der Waals surface area contributed by atoms with Gasteiger partial charge in [0, 0.05) is 83.9 Å². The molecule has 0 aliphatic carbocycles. The zero-order valence-electron chi connectivity index (χ0n) is 36.1. The third-order valence-corrected chi connectivity index (χ3v) is 11.5. The first-order valence-corrected chi connectivity index (χ1v) is 20.4. The molecule has 5 heterocycles. The Morgan fingerprint density at radius 3 is 0.935 bits per heavy atom. The van der Waals surface area contributed by atoms with Gasteiger partial charge in [0.05, 0.1) is 62.3 Å². The zero-order chi connectivity index (χ0) is 43.1. The molecule has 0 saturated heterocycles. The van der Waals surface area contributed by atoms with Gasteiger partial charge in [-0.05, 0) is 108 Å². The molecule has 8 bridgehead atoms. The molecule has 10 heteroatoms. The van der Waals surface area contributed by atoms with Gasteiger partial charge in [0.25, 0.3) is 0 Å². The van der Waals surface area contributed by atoms with E-state index in [0.29, 0.717) is 23.0 Å². The molecule has 3 aromatic heterocycles. The first-order valence-electron chi connectivity index (χ1n) is 20.4. The summed E-state index contributed by atoms with van der Waals surface area (Å²) in [6.45, 7) is 0. The van der Waals surface area contributed by atoms with Crippen LogP contribution in [-0.4, -0.2) is 76.6 Å². The number of aromatic nitrogens is 4. The molecule has 10 nitrogen and oxygen atoms in total. The van der Waals surface area contributed by atoms with E-state index in [0.717, 1.165) is 101 Å².